The van der Waals surface area contributed by atoms with Crippen LogP contribution in [-0.2, 0) is 0 Å². The first-order chi connectivity index (χ1) is 10.1. The number of hydrogen-bond donors (Lipinski definition) is 2. The van der Waals surface area contributed by atoms with Gasteiger partial charge in [-0.15, -0.1) is 0 Å². The molecular weight excluding hydrogens is 266 g/mol. The molecule has 1 saturated heterocycles. The van der Waals surface area contributed by atoms with Crippen molar-refractivity contribution >= 4 is 11.7 Å². The Balaban J connectivity index is 1.79. The van der Waals surface area contributed by atoms with Crippen molar-refractivity contribution in [2.75, 3.05) is 38.5 Å². The molecule has 1 unspecified atom stereocenters. The van der Waals surface area contributed by atoms with E-state index in [0.717, 1.165) is 37.4 Å². The summed E-state index contributed by atoms with van der Waals surface area (Å²) in [5.41, 5.74) is 1.59. The molecule has 2 rings (SSSR count). The number of likely N-dealkylation sites (N-methyl/N-ethyl adjacent to an activating group) is 1. The van der Waals surface area contributed by atoms with Crippen LogP contribution in [0, 0.1) is 0 Å². The molecule has 1 heterocycles. The molecule has 0 saturated carbocycles. The molecule has 2 amide bonds. The molecule has 5 heteroatoms. The fraction of sp³-hybridized carbons (Fsp3) is 0.562. The van der Waals surface area contributed by atoms with E-state index in [9.17, 15) is 9.90 Å². The van der Waals surface area contributed by atoms with Gasteiger partial charge in [-0.05, 0) is 50.6 Å². The second kappa shape index (κ2) is 7.43. The minimum Gasteiger partial charge on any atom is -0.389 e. The van der Waals surface area contributed by atoms with Gasteiger partial charge in [-0.2, -0.15) is 0 Å². The van der Waals surface area contributed by atoms with Crippen LogP contribution in [0.1, 0.15) is 31.4 Å². The summed E-state index contributed by atoms with van der Waals surface area (Å²) in [5, 5.41) is 12.3. The summed E-state index contributed by atoms with van der Waals surface area (Å²) in [6.07, 6.45) is 2.05. The fourth-order valence-electron chi connectivity index (χ4n) is 2.46. The summed E-state index contributed by atoms with van der Waals surface area (Å²) in [6, 6.07) is 7.18. The van der Waals surface area contributed by atoms with Crippen LogP contribution in [0.5, 0.6) is 0 Å². The zero-order chi connectivity index (χ0) is 15.2. The summed E-state index contributed by atoms with van der Waals surface area (Å²) in [5.74, 6) is 0. The highest BCUT2D eigenvalue weighted by molar-refractivity contribution is 5.89. The second-order valence-electron chi connectivity index (χ2n) is 5.70. The molecule has 0 radical (unpaired) electrons. The van der Waals surface area contributed by atoms with Gasteiger partial charge in [-0.3, -0.25) is 0 Å². The van der Waals surface area contributed by atoms with Gasteiger partial charge in [0.15, 0.2) is 0 Å². The molecular formula is C16H25N3O2. The van der Waals surface area contributed by atoms with Gasteiger partial charge >= 0.3 is 6.03 Å². The number of rotatable bonds is 5. The zero-order valence-electron chi connectivity index (χ0n) is 12.9. The van der Waals surface area contributed by atoms with Gasteiger partial charge < -0.3 is 20.2 Å². The SMILES string of the molecule is CC(O)c1ccc(NC(=O)N(C)CCN2CCCC2)cc1. The van der Waals surface area contributed by atoms with E-state index >= 15 is 0 Å². The normalized spacial score (nSPS) is 16.7. The van der Waals surface area contributed by atoms with E-state index in [1.54, 1.807) is 11.8 Å². The summed E-state index contributed by atoms with van der Waals surface area (Å²) >= 11 is 0. The Bertz CT molecular complexity index is 453. The molecule has 1 aliphatic rings. The number of likely N-dealkylation sites (tertiary alicyclic amines) is 1. The summed E-state index contributed by atoms with van der Waals surface area (Å²) < 4.78 is 0. The molecule has 1 aliphatic heterocycles. The largest absolute Gasteiger partial charge is 0.389 e. The van der Waals surface area contributed by atoms with Crippen molar-refractivity contribution in [2.24, 2.45) is 0 Å². The standard InChI is InChI=1S/C16H25N3O2/c1-13(20)14-5-7-15(8-6-14)17-16(21)18(2)11-12-19-9-3-4-10-19/h5-8,13,20H,3-4,9-12H2,1-2H3,(H,17,21). The fourth-order valence-corrected chi connectivity index (χ4v) is 2.46. The maximum Gasteiger partial charge on any atom is 0.321 e. The van der Waals surface area contributed by atoms with Gasteiger partial charge in [0.2, 0.25) is 0 Å². The van der Waals surface area contributed by atoms with Crippen molar-refractivity contribution in [3.63, 3.8) is 0 Å². The van der Waals surface area contributed by atoms with E-state index in [0.29, 0.717) is 0 Å². The van der Waals surface area contributed by atoms with Crippen LogP contribution in [0.25, 0.3) is 0 Å². The number of anilines is 1. The van der Waals surface area contributed by atoms with Gasteiger partial charge in [0.05, 0.1) is 6.10 Å². The third kappa shape index (κ3) is 4.72. The van der Waals surface area contributed by atoms with E-state index in [2.05, 4.69) is 10.2 Å². The predicted octanol–water partition coefficient (Wildman–Crippen LogP) is 2.30. The highest BCUT2D eigenvalue weighted by atomic mass is 16.3. The number of aliphatic hydroxyl groups excluding tert-OH is 1. The zero-order valence-corrected chi connectivity index (χ0v) is 12.9. The average Bonchev–Trinajstić information content (AvgIpc) is 2.98. The predicted molar refractivity (Wildman–Crippen MR) is 84.4 cm³/mol. The van der Waals surface area contributed by atoms with Crippen LogP contribution in [0.15, 0.2) is 24.3 Å². The van der Waals surface area contributed by atoms with Gasteiger partial charge in [0.25, 0.3) is 0 Å². The highest BCUT2D eigenvalue weighted by Gasteiger charge is 2.14. The molecule has 2 N–H and O–H groups in total. The lowest BCUT2D eigenvalue weighted by atomic mass is 10.1. The number of carbonyl (C=O) groups excluding carboxylic acids is 1. The lowest BCUT2D eigenvalue weighted by Gasteiger charge is -2.22. The summed E-state index contributed by atoms with van der Waals surface area (Å²) in [6.45, 7) is 5.69. The number of carbonyl (C=O) groups is 1. The van der Waals surface area contributed by atoms with Crippen LogP contribution in [0.4, 0.5) is 10.5 Å². The quantitative estimate of drug-likeness (QED) is 0.875. The topological polar surface area (TPSA) is 55.8 Å². The molecule has 0 aromatic heterocycles. The Labute approximate surface area is 126 Å². The van der Waals surface area contributed by atoms with Gasteiger partial charge in [0, 0.05) is 25.8 Å². The van der Waals surface area contributed by atoms with Crippen LogP contribution in [0.3, 0.4) is 0 Å². The Hall–Kier alpha value is -1.59. The minimum absolute atomic E-state index is 0.0982. The number of nitrogens with zero attached hydrogens (tertiary/aromatic N) is 2. The molecule has 0 spiro atoms. The summed E-state index contributed by atoms with van der Waals surface area (Å²) in [4.78, 5) is 16.2. The van der Waals surface area contributed by atoms with E-state index in [-0.39, 0.29) is 6.03 Å². The highest BCUT2D eigenvalue weighted by Crippen LogP contribution is 2.16. The van der Waals surface area contributed by atoms with Gasteiger partial charge in [-0.25, -0.2) is 4.79 Å². The third-order valence-electron chi connectivity index (χ3n) is 3.94. The molecule has 1 aromatic rings. The first-order valence-electron chi connectivity index (χ1n) is 7.59. The van der Waals surface area contributed by atoms with Crippen molar-refractivity contribution in [2.45, 2.75) is 25.9 Å². The minimum atomic E-state index is -0.488. The first-order valence-corrected chi connectivity index (χ1v) is 7.59. The molecule has 5 nitrogen and oxygen atoms in total. The monoisotopic (exact) mass is 291 g/mol. The van der Waals surface area contributed by atoms with Crippen molar-refractivity contribution in [1.82, 2.24) is 9.80 Å². The molecule has 1 fully saturated rings. The maximum atomic E-state index is 12.1. The van der Waals surface area contributed by atoms with Crippen LogP contribution < -0.4 is 5.32 Å². The van der Waals surface area contributed by atoms with Gasteiger partial charge in [0.1, 0.15) is 0 Å². The first kappa shape index (κ1) is 15.8. The smallest absolute Gasteiger partial charge is 0.321 e. The average molecular weight is 291 g/mol. The molecule has 0 aliphatic carbocycles. The number of nitrogens with one attached hydrogen (secondary N) is 1. The Kier molecular flexibility index (Phi) is 5.59. The molecule has 1 atom stereocenters. The lowest BCUT2D eigenvalue weighted by molar-refractivity contribution is 0.199. The third-order valence-corrected chi connectivity index (χ3v) is 3.94. The Morgan fingerprint density at radius 2 is 1.95 bits per heavy atom. The van der Waals surface area contributed by atoms with E-state index in [4.69, 9.17) is 0 Å². The number of benzene rings is 1. The number of hydrogen-bond acceptors (Lipinski definition) is 3. The summed E-state index contributed by atoms with van der Waals surface area (Å²) in [7, 11) is 1.82. The van der Waals surface area contributed by atoms with Crippen LogP contribution in [0.2, 0.25) is 0 Å². The van der Waals surface area contributed by atoms with E-state index < -0.39 is 6.10 Å². The lowest BCUT2D eigenvalue weighted by Crippen LogP contribution is -2.37. The van der Waals surface area contributed by atoms with Crippen molar-refractivity contribution < 1.29 is 9.90 Å². The Morgan fingerprint density at radius 3 is 2.52 bits per heavy atom. The second-order valence-corrected chi connectivity index (χ2v) is 5.70. The van der Waals surface area contributed by atoms with E-state index in [1.165, 1.54) is 12.8 Å². The number of urea groups is 1. The molecule has 116 valence electrons. The van der Waals surface area contributed by atoms with Crippen molar-refractivity contribution in [1.29, 1.82) is 0 Å². The number of amides is 2. The molecule has 21 heavy (non-hydrogen) atoms. The maximum absolute atomic E-state index is 12.1. The van der Waals surface area contributed by atoms with Crippen LogP contribution >= 0.6 is 0 Å². The molecule has 1 aromatic carbocycles. The van der Waals surface area contributed by atoms with E-state index in [1.807, 2.05) is 31.3 Å². The molecule has 0 bridgehead atoms. The van der Waals surface area contributed by atoms with Gasteiger partial charge in [-0.1, -0.05) is 12.1 Å². The van der Waals surface area contributed by atoms with Crippen molar-refractivity contribution in [3.8, 4) is 0 Å². The van der Waals surface area contributed by atoms with Crippen molar-refractivity contribution in [3.05, 3.63) is 29.8 Å². The number of aliphatic hydroxyl groups is 1. The Morgan fingerprint density at radius 1 is 1.33 bits per heavy atom. The van der Waals surface area contributed by atoms with Crippen LogP contribution in [-0.4, -0.2) is 54.2 Å².